The van der Waals surface area contributed by atoms with Crippen molar-refractivity contribution in [3.8, 4) is 40.6 Å². The Morgan fingerprint density at radius 1 is 0.921 bits per heavy atom. The second-order valence-electron chi connectivity index (χ2n) is 8.23. The first kappa shape index (κ1) is 26.6. The summed E-state index contributed by atoms with van der Waals surface area (Å²) in [6, 6.07) is 18.7. The Morgan fingerprint density at radius 2 is 1.63 bits per heavy atom. The number of benzene rings is 2. The Balaban J connectivity index is 1.69. The summed E-state index contributed by atoms with van der Waals surface area (Å²) in [6.45, 7) is 0.0323. The molecule has 9 nitrogen and oxygen atoms in total. The maximum Gasteiger partial charge on any atom is 0.234 e. The Kier molecular flexibility index (Phi) is 8.91. The largest absolute Gasteiger partial charge is 0.470 e. The quantitative estimate of drug-likeness (QED) is 0.251. The smallest absolute Gasteiger partial charge is 0.234 e. The zero-order valence-corrected chi connectivity index (χ0v) is 21.1. The summed E-state index contributed by atoms with van der Waals surface area (Å²) < 4.78 is 11.5. The third-order valence-electron chi connectivity index (χ3n) is 5.66. The molecule has 0 amide bonds. The van der Waals surface area contributed by atoms with E-state index in [0.29, 0.717) is 40.6 Å². The van der Waals surface area contributed by atoms with Gasteiger partial charge in [0, 0.05) is 29.3 Å². The Hall–Kier alpha value is -4.41. The molecule has 0 fully saturated rings. The molecule has 0 atom stereocenters. The number of oxazole rings is 1. The molecule has 4 rings (SSSR count). The number of hydrogen-bond acceptors (Lipinski definition) is 9. The summed E-state index contributed by atoms with van der Waals surface area (Å²) >= 11 is 5.95. The standard InChI is InChI=1S/C28H24ClN5O4/c29-21-9-7-20(8-10-21)27-33-22(16-37-27)17-38-28-24(15-31)25(23(14-30)26(34-28)32-11-13-36)19-5-3-18(4-6-19)2-1-12-35/h3-10,16,35-36H,1-2,11-13,17H2,(H,32,34). The van der Waals surface area contributed by atoms with Crippen molar-refractivity contribution in [3.63, 3.8) is 0 Å². The van der Waals surface area contributed by atoms with Gasteiger partial charge in [-0.15, -0.1) is 0 Å². The third kappa shape index (κ3) is 6.10. The number of aryl methyl sites for hydroxylation is 1. The van der Waals surface area contributed by atoms with E-state index in [1.165, 1.54) is 6.26 Å². The number of aliphatic hydroxyl groups excluding tert-OH is 2. The Labute approximate surface area is 224 Å². The lowest BCUT2D eigenvalue weighted by atomic mass is 9.95. The topological polar surface area (TPSA) is 148 Å². The highest BCUT2D eigenvalue weighted by Gasteiger charge is 2.23. The summed E-state index contributed by atoms with van der Waals surface area (Å²) in [6.07, 6.45) is 2.80. The molecule has 0 aliphatic carbocycles. The normalized spacial score (nSPS) is 10.6. The van der Waals surface area contributed by atoms with Gasteiger partial charge in [0.05, 0.1) is 6.61 Å². The number of halogens is 1. The van der Waals surface area contributed by atoms with Gasteiger partial charge in [-0.3, -0.25) is 0 Å². The summed E-state index contributed by atoms with van der Waals surface area (Å²) in [4.78, 5) is 8.83. The van der Waals surface area contributed by atoms with Crippen molar-refractivity contribution in [2.45, 2.75) is 19.4 Å². The molecular weight excluding hydrogens is 506 g/mol. The van der Waals surface area contributed by atoms with Crippen molar-refractivity contribution in [1.82, 2.24) is 9.97 Å². The molecule has 0 bridgehead atoms. The number of nitriles is 2. The highest BCUT2D eigenvalue weighted by molar-refractivity contribution is 6.30. The number of hydrogen-bond donors (Lipinski definition) is 3. The maximum atomic E-state index is 10.1. The zero-order valence-electron chi connectivity index (χ0n) is 20.3. The van der Waals surface area contributed by atoms with Crippen molar-refractivity contribution >= 4 is 17.4 Å². The molecule has 0 saturated heterocycles. The minimum atomic E-state index is -0.177. The van der Waals surface area contributed by atoms with Crippen LogP contribution in [0.5, 0.6) is 5.88 Å². The van der Waals surface area contributed by atoms with Crippen LogP contribution in [0.15, 0.2) is 59.2 Å². The molecule has 2 heterocycles. The first-order valence-electron chi connectivity index (χ1n) is 11.8. The number of aliphatic hydroxyl groups is 2. The molecule has 38 heavy (non-hydrogen) atoms. The monoisotopic (exact) mass is 529 g/mol. The molecule has 0 saturated carbocycles. The van der Waals surface area contributed by atoms with Gasteiger partial charge in [-0.1, -0.05) is 35.9 Å². The molecule has 192 valence electrons. The molecular formula is C28H24ClN5O4. The van der Waals surface area contributed by atoms with Crippen LogP contribution in [-0.2, 0) is 13.0 Å². The minimum Gasteiger partial charge on any atom is -0.470 e. The molecule has 2 aromatic heterocycles. The third-order valence-corrected chi connectivity index (χ3v) is 5.91. The van der Waals surface area contributed by atoms with Crippen LogP contribution in [0.2, 0.25) is 5.02 Å². The fourth-order valence-corrected chi connectivity index (χ4v) is 3.96. The molecule has 0 radical (unpaired) electrons. The number of rotatable bonds is 11. The molecule has 0 spiro atoms. The number of anilines is 1. The van der Waals surface area contributed by atoms with E-state index in [2.05, 4.69) is 27.4 Å². The summed E-state index contributed by atoms with van der Waals surface area (Å²) in [7, 11) is 0. The lowest BCUT2D eigenvalue weighted by Gasteiger charge is -2.16. The average molecular weight is 530 g/mol. The minimum absolute atomic E-state index is 0.0161. The first-order valence-corrected chi connectivity index (χ1v) is 12.2. The summed E-state index contributed by atoms with van der Waals surface area (Å²) in [5, 5.41) is 42.0. The van der Waals surface area contributed by atoms with E-state index in [9.17, 15) is 15.6 Å². The number of pyridine rings is 1. The second-order valence-corrected chi connectivity index (χ2v) is 8.66. The predicted octanol–water partition coefficient (Wildman–Crippen LogP) is 4.71. The number of aromatic nitrogens is 2. The first-order chi connectivity index (χ1) is 18.6. The van der Waals surface area contributed by atoms with E-state index in [-0.39, 0.29) is 49.2 Å². The van der Waals surface area contributed by atoms with E-state index in [4.69, 9.17) is 25.9 Å². The van der Waals surface area contributed by atoms with Crippen LogP contribution < -0.4 is 10.1 Å². The molecule has 3 N–H and O–H groups in total. The van der Waals surface area contributed by atoms with Gasteiger partial charge >= 0.3 is 0 Å². The number of ether oxygens (including phenoxy) is 1. The molecule has 0 unspecified atom stereocenters. The van der Waals surface area contributed by atoms with Crippen LogP contribution in [0.1, 0.15) is 28.8 Å². The van der Waals surface area contributed by atoms with E-state index < -0.39 is 0 Å². The molecule has 0 aliphatic heterocycles. The number of nitrogens with zero attached hydrogens (tertiary/aromatic N) is 4. The van der Waals surface area contributed by atoms with Crippen LogP contribution in [0.3, 0.4) is 0 Å². The van der Waals surface area contributed by atoms with Gasteiger partial charge in [0.2, 0.25) is 11.8 Å². The van der Waals surface area contributed by atoms with Gasteiger partial charge in [-0.25, -0.2) is 4.98 Å². The number of nitrogens with one attached hydrogen (secondary N) is 1. The van der Waals surface area contributed by atoms with Gasteiger partial charge in [-0.05, 0) is 48.2 Å². The van der Waals surface area contributed by atoms with Gasteiger partial charge in [0.1, 0.15) is 47.6 Å². The molecule has 0 aliphatic rings. The van der Waals surface area contributed by atoms with Crippen molar-refractivity contribution in [2.24, 2.45) is 0 Å². The SMILES string of the molecule is N#Cc1c(NCCO)nc(OCc2coc(-c3ccc(Cl)cc3)n2)c(C#N)c1-c1ccc(CCCO)cc1. The van der Waals surface area contributed by atoms with Crippen LogP contribution in [-0.4, -0.2) is 39.9 Å². The van der Waals surface area contributed by atoms with Crippen LogP contribution >= 0.6 is 11.6 Å². The van der Waals surface area contributed by atoms with Crippen molar-refractivity contribution in [1.29, 1.82) is 10.5 Å². The Bertz CT molecular complexity index is 1470. The lowest BCUT2D eigenvalue weighted by molar-refractivity contribution is 0.288. The fraction of sp³-hybridized carbons (Fsp3) is 0.214. The van der Waals surface area contributed by atoms with E-state index in [1.54, 1.807) is 24.3 Å². The summed E-state index contributed by atoms with van der Waals surface area (Å²) in [5.74, 6) is 0.597. The van der Waals surface area contributed by atoms with Gasteiger partial charge in [0.25, 0.3) is 0 Å². The zero-order chi connectivity index (χ0) is 26.9. The van der Waals surface area contributed by atoms with Crippen LogP contribution in [0.25, 0.3) is 22.6 Å². The Morgan fingerprint density at radius 3 is 2.29 bits per heavy atom. The highest BCUT2D eigenvalue weighted by Crippen LogP contribution is 2.36. The van der Waals surface area contributed by atoms with Crippen molar-refractivity contribution in [2.75, 3.05) is 25.1 Å². The van der Waals surface area contributed by atoms with Crippen molar-refractivity contribution < 1.29 is 19.4 Å². The van der Waals surface area contributed by atoms with Crippen LogP contribution in [0.4, 0.5) is 5.82 Å². The lowest BCUT2D eigenvalue weighted by Crippen LogP contribution is -2.12. The average Bonchev–Trinajstić information content (AvgIpc) is 3.43. The van der Waals surface area contributed by atoms with Gasteiger partial charge in [-0.2, -0.15) is 15.5 Å². The molecule has 2 aromatic carbocycles. The highest BCUT2D eigenvalue weighted by atomic mass is 35.5. The van der Waals surface area contributed by atoms with E-state index in [1.807, 2.05) is 24.3 Å². The summed E-state index contributed by atoms with van der Waals surface area (Å²) in [5.41, 5.74) is 3.51. The van der Waals surface area contributed by atoms with Gasteiger partial charge in [0.15, 0.2) is 0 Å². The molecule has 10 heteroatoms. The van der Waals surface area contributed by atoms with Crippen LogP contribution in [0, 0.1) is 22.7 Å². The second kappa shape index (κ2) is 12.7. The van der Waals surface area contributed by atoms with Crippen molar-refractivity contribution in [3.05, 3.63) is 82.2 Å². The van der Waals surface area contributed by atoms with E-state index >= 15 is 0 Å². The van der Waals surface area contributed by atoms with Gasteiger partial charge < -0.3 is 24.7 Å². The van der Waals surface area contributed by atoms with E-state index in [0.717, 1.165) is 11.1 Å². The molecule has 4 aromatic rings. The maximum absolute atomic E-state index is 10.1. The fourth-order valence-electron chi connectivity index (χ4n) is 3.83. The predicted molar refractivity (Wildman–Crippen MR) is 141 cm³/mol.